The van der Waals surface area contributed by atoms with Crippen molar-refractivity contribution in [2.75, 3.05) is 5.32 Å². The molecular weight excluding hydrogens is 394 g/mol. The predicted molar refractivity (Wildman–Crippen MR) is 119 cm³/mol. The lowest BCUT2D eigenvalue weighted by Crippen LogP contribution is -1.91. The van der Waals surface area contributed by atoms with Crippen LogP contribution in [0.4, 0.5) is 11.4 Å². The van der Waals surface area contributed by atoms with Crippen LogP contribution >= 0.6 is 15.9 Å². The van der Waals surface area contributed by atoms with Gasteiger partial charge >= 0.3 is 0 Å². The van der Waals surface area contributed by atoms with Crippen molar-refractivity contribution in [3.05, 3.63) is 107 Å². The van der Waals surface area contributed by atoms with E-state index in [2.05, 4.69) is 125 Å². The van der Waals surface area contributed by atoms with Crippen LogP contribution in [0.25, 0.3) is 22.3 Å². The van der Waals surface area contributed by atoms with Gasteiger partial charge in [-0.3, -0.25) is 0 Å². The standard InChI is InChI=1S/C25H20BrN/c1-18-5-2-3-8-25(18)21-6-4-7-24(17-21)27-23-15-11-20(12-16-23)19-9-13-22(26)14-10-19/h2-17,27H,1H3. The van der Waals surface area contributed by atoms with Crippen molar-refractivity contribution in [1.82, 2.24) is 0 Å². The molecule has 0 amide bonds. The molecule has 0 aliphatic carbocycles. The first-order valence-electron chi connectivity index (χ1n) is 8.98. The molecule has 0 saturated heterocycles. The van der Waals surface area contributed by atoms with E-state index in [1.165, 1.54) is 27.8 Å². The first kappa shape index (κ1) is 17.6. The van der Waals surface area contributed by atoms with Crippen LogP contribution in [0, 0.1) is 6.92 Å². The van der Waals surface area contributed by atoms with Crippen LogP contribution in [0.15, 0.2) is 102 Å². The van der Waals surface area contributed by atoms with Gasteiger partial charge in [0.1, 0.15) is 0 Å². The van der Waals surface area contributed by atoms with E-state index in [9.17, 15) is 0 Å². The molecule has 2 heteroatoms. The van der Waals surface area contributed by atoms with Gasteiger partial charge in [-0.1, -0.05) is 76.6 Å². The number of nitrogens with one attached hydrogen (secondary N) is 1. The summed E-state index contributed by atoms with van der Waals surface area (Å²) < 4.78 is 1.10. The highest BCUT2D eigenvalue weighted by atomic mass is 79.9. The lowest BCUT2D eigenvalue weighted by Gasteiger charge is -2.11. The van der Waals surface area contributed by atoms with Crippen LogP contribution in [-0.2, 0) is 0 Å². The fraction of sp³-hybridized carbons (Fsp3) is 0.0400. The number of anilines is 2. The Morgan fingerprint density at radius 3 is 1.96 bits per heavy atom. The molecular formula is C25H20BrN. The van der Waals surface area contributed by atoms with Crippen LogP contribution in [0.1, 0.15) is 5.56 Å². The van der Waals surface area contributed by atoms with Gasteiger partial charge in [0, 0.05) is 15.8 Å². The van der Waals surface area contributed by atoms with Crippen molar-refractivity contribution in [3.8, 4) is 22.3 Å². The Labute approximate surface area is 168 Å². The maximum absolute atomic E-state index is 3.51. The van der Waals surface area contributed by atoms with Gasteiger partial charge in [0.15, 0.2) is 0 Å². The average Bonchev–Trinajstić information content (AvgIpc) is 2.70. The van der Waals surface area contributed by atoms with Crippen molar-refractivity contribution < 1.29 is 0 Å². The van der Waals surface area contributed by atoms with E-state index < -0.39 is 0 Å². The zero-order valence-corrected chi connectivity index (χ0v) is 16.7. The summed E-state index contributed by atoms with van der Waals surface area (Å²) in [6.45, 7) is 2.15. The van der Waals surface area contributed by atoms with Crippen LogP contribution in [0.5, 0.6) is 0 Å². The second-order valence-electron chi connectivity index (χ2n) is 6.60. The number of aryl methyl sites for hydroxylation is 1. The third-order valence-corrected chi connectivity index (χ3v) is 5.20. The molecule has 0 heterocycles. The number of benzene rings is 4. The summed E-state index contributed by atoms with van der Waals surface area (Å²) in [6, 6.07) is 34.0. The van der Waals surface area contributed by atoms with Crippen LogP contribution < -0.4 is 5.32 Å². The lowest BCUT2D eigenvalue weighted by atomic mass is 10.0. The number of hydrogen-bond donors (Lipinski definition) is 1. The Morgan fingerprint density at radius 1 is 0.593 bits per heavy atom. The van der Waals surface area contributed by atoms with E-state index in [0.29, 0.717) is 0 Å². The minimum absolute atomic E-state index is 1.08. The van der Waals surface area contributed by atoms with Gasteiger partial charge in [-0.2, -0.15) is 0 Å². The Hall–Kier alpha value is -2.84. The topological polar surface area (TPSA) is 12.0 Å². The van der Waals surface area contributed by atoms with Gasteiger partial charge in [0.05, 0.1) is 0 Å². The molecule has 0 unspecified atom stereocenters. The molecule has 0 aromatic heterocycles. The van der Waals surface area contributed by atoms with Gasteiger partial charge in [0.25, 0.3) is 0 Å². The summed E-state index contributed by atoms with van der Waals surface area (Å²) in [5.41, 5.74) is 8.38. The van der Waals surface area contributed by atoms with Crippen molar-refractivity contribution in [2.45, 2.75) is 6.92 Å². The summed E-state index contributed by atoms with van der Waals surface area (Å²) in [6.07, 6.45) is 0. The van der Waals surface area contributed by atoms with Crippen LogP contribution in [-0.4, -0.2) is 0 Å². The molecule has 27 heavy (non-hydrogen) atoms. The van der Waals surface area contributed by atoms with E-state index in [0.717, 1.165) is 15.8 Å². The molecule has 1 nitrogen and oxygen atoms in total. The average molecular weight is 414 g/mol. The van der Waals surface area contributed by atoms with E-state index in [1.807, 2.05) is 0 Å². The molecule has 0 aliphatic rings. The second-order valence-corrected chi connectivity index (χ2v) is 7.52. The molecule has 0 fully saturated rings. The smallest absolute Gasteiger partial charge is 0.0390 e. The van der Waals surface area contributed by atoms with Gasteiger partial charge in [-0.05, 0) is 71.1 Å². The van der Waals surface area contributed by atoms with Gasteiger partial charge < -0.3 is 5.32 Å². The van der Waals surface area contributed by atoms with Gasteiger partial charge in [-0.15, -0.1) is 0 Å². The summed E-state index contributed by atoms with van der Waals surface area (Å²) in [5.74, 6) is 0. The SMILES string of the molecule is Cc1ccccc1-c1cccc(Nc2ccc(-c3ccc(Br)cc3)cc2)c1. The van der Waals surface area contributed by atoms with Gasteiger partial charge in [-0.25, -0.2) is 0 Å². The molecule has 0 bridgehead atoms. The third kappa shape index (κ3) is 4.12. The quantitative estimate of drug-likeness (QED) is 0.359. The normalized spacial score (nSPS) is 10.6. The summed E-state index contributed by atoms with van der Waals surface area (Å²) in [5, 5.41) is 3.51. The van der Waals surface area contributed by atoms with E-state index in [1.54, 1.807) is 0 Å². The lowest BCUT2D eigenvalue weighted by molar-refractivity contribution is 1.45. The maximum atomic E-state index is 3.51. The number of hydrogen-bond acceptors (Lipinski definition) is 1. The minimum Gasteiger partial charge on any atom is -0.356 e. The Morgan fingerprint density at radius 2 is 1.26 bits per heavy atom. The summed E-state index contributed by atoms with van der Waals surface area (Å²) in [7, 11) is 0. The van der Waals surface area contributed by atoms with E-state index >= 15 is 0 Å². The zero-order valence-electron chi connectivity index (χ0n) is 15.1. The maximum Gasteiger partial charge on any atom is 0.0390 e. The van der Waals surface area contributed by atoms with Crippen molar-refractivity contribution in [1.29, 1.82) is 0 Å². The predicted octanol–water partition coefficient (Wildman–Crippen LogP) is 7.84. The van der Waals surface area contributed by atoms with E-state index in [-0.39, 0.29) is 0 Å². The second kappa shape index (κ2) is 7.81. The van der Waals surface area contributed by atoms with Gasteiger partial charge in [0.2, 0.25) is 0 Å². The van der Waals surface area contributed by atoms with Crippen molar-refractivity contribution in [2.24, 2.45) is 0 Å². The number of halogens is 1. The fourth-order valence-electron chi connectivity index (χ4n) is 3.22. The molecule has 4 aromatic rings. The zero-order chi connectivity index (χ0) is 18.6. The highest BCUT2D eigenvalue weighted by Crippen LogP contribution is 2.28. The molecule has 0 aliphatic heterocycles. The summed E-state index contributed by atoms with van der Waals surface area (Å²) in [4.78, 5) is 0. The molecule has 132 valence electrons. The molecule has 0 radical (unpaired) electrons. The Balaban J connectivity index is 1.55. The fourth-order valence-corrected chi connectivity index (χ4v) is 3.48. The highest BCUT2D eigenvalue weighted by molar-refractivity contribution is 9.10. The third-order valence-electron chi connectivity index (χ3n) is 4.67. The highest BCUT2D eigenvalue weighted by Gasteiger charge is 2.03. The largest absolute Gasteiger partial charge is 0.356 e. The molecule has 4 aromatic carbocycles. The van der Waals surface area contributed by atoms with Crippen molar-refractivity contribution in [3.63, 3.8) is 0 Å². The van der Waals surface area contributed by atoms with Crippen LogP contribution in [0.2, 0.25) is 0 Å². The van der Waals surface area contributed by atoms with E-state index in [4.69, 9.17) is 0 Å². The van der Waals surface area contributed by atoms with Crippen molar-refractivity contribution >= 4 is 27.3 Å². The molecule has 0 atom stereocenters. The minimum atomic E-state index is 1.08. The molecule has 1 N–H and O–H groups in total. The number of rotatable bonds is 4. The molecule has 0 spiro atoms. The van der Waals surface area contributed by atoms with Crippen LogP contribution in [0.3, 0.4) is 0 Å². The summed E-state index contributed by atoms with van der Waals surface area (Å²) >= 11 is 3.48. The first-order chi connectivity index (χ1) is 13.2. The Kier molecular flexibility index (Phi) is 5.08. The Bertz CT molecular complexity index is 1050. The molecule has 4 rings (SSSR count). The monoisotopic (exact) mass is 413 g/mol. The first-order valence-corrected chi connectivity index (χ1v) is 9.77. The molecule has 0 saturated carbocycles.